The Morgan fingerprint density at radius 2 is 1.88 bits per heavy atom. The monoisotopic (exact) mass is 328 g/mol. The number of rotatable bonds is 5. The van der Waals surface area contributed by atoms with Crippen LogP contribution in [-0.4, -0.2) is 24.5 Å². The molecule has 5 nitrogen and oxygen atoms in total. The van der Waals surface area contributed by atoms with E-state index >= 15 is 0 Å². The summed E-state index contributed by atoms with van der Waals surface area (Å²) >= 11 is 0. The molecule has 0 radical (unpaired) electrons. The fourth-order valence-electron chi connectivity index (χ4n) is 2.68. The average Bonchev–Trinajstić information content (AvgIpc) is 2.85. The molecule has 1 unspecified atom stereocenters. The molecule has 1 N–H and O–H groups in total. The van der Waals surface area contributed by atoms with Crippen LogP contribution in [0.1, 0.15) is 13.3 Å². The van der Waals surface area contributed by atoms with E-state index < -0.39 is 17.8 Å². The van der Waals surface area contributed by atoms with E-state index in [1.165, 1.54) is 12.1 Å². The van der Waals surface area contributed by atoms with Gasteiger partial charge in [-0.3, -0.25) is 9.59 Å². The predicted molar refractivity (Wildman–Crippen MR) is 88.5 cm³/mol. The second-order valence-electron chi connectivity index (χ2n) is 5.35. The Kier molecular flexibility index (Phi) is 4.46. The summed E-state index contributed by atoms with van der Waals surface area (Å²) in [6.07, 6.45) is -0.0341. The highest BCUT2D eigenvalue weighted by Crippen LogP contribution is 2.33. The zero-order valence-corrected chi connectivity index (χ0v) is 13.2. The van der Waals surface area contributed by atoms with Gasteiger partial charge in [0.05, 0.1) is 24.4 Å². The van der Waals surface area contributed by atoms with Gasteiger partial charge in [0.2, 0.25) is 5.91 Å². The summed E-state index contributed by atoms with van der Waals surface area (Å²) in [5, 5.41) is 2.81. The molecule has 0 aromatic heterocycles. The van der Waals surface area contributed by atoms with Crippen molar-refractivity contribution in [2.45, 2.75) is 19.4 Å². The van der Waals surface area contributed by atoms with Crippen molar-refractivity contribution < 1.29 is 18.7 Å². The van der Waals surface area contributed by atoms with Gasteiger partial charge < -0.3 is 10.1 Å². The van der Waals surface area contributed by atoms with Crippen LogP contribution in [0.4, 0.5) is 15.8 Å². The molecule has 124 valence electrons. The third-order valence-electron chi connectivity index (χ3n) is 3.76. The predicted octanol–water partition coefficient (Wildman–Crippen LogP) is 2.97. The quantitative estimate of drug-likeness (QED) is 0.857. The molecule has 6 heteroatoms. The number of hydrogen-bond donors (Lipinski definition) is 1. The van der Waals surface area contributed by atoms with E-state index in [0.29, 0.717) is 18.0 Å². The maximum Gasteiger partial charge on any atom is 0.256 e. The molecule has 2 aromatic rings. The number of imide groups is 1. The van der Waals surface area contributed by atoms with Gasteiger partial charge in [-0.2, -0.15) is 0 Å². The highest BCUT2D eigenvalue weighted by atomic mass is 19.1. The van der Waals surface area contributed by atoms with Gasteiger partial charge in [-0.1, -0.05) is 24.3 Å². The summed E-state index contributed by atoms with van der Waals surface area (Å²) in [5.74, 6) is -0.768. The second kappa shape index (κ2) is 6.70. The number of benzene rings is 2. The lowest BCUT2D eigenvalue weighted by Gasteiger charge is -2.19. The maximum atomic E-state index is 13.8. The number of ether oxygens (including phenoxy) is 1. The third kappa shape index (κ3) is 2.95. The topological polar surface area (TPSA) is 58.6 Å². The average molecular weight is 328 g/mol. The number of anilines is 2. The number of carbonyl (C=O) groups excluding carboxylic acids is 2. The Morgan fingerprint density at radius 1 is 1.17 bits per heavy atom. The lowest BCUT2D eigenvalue weighted by atomic mass is 10.2. The van der Waals surface area contributed by atoms with E-state index in [9.17, 15) is 14.0 Å². The normalized spacial score (nSPS) is 17.2. The first-order valence-electron chi connectivity index (χ1n) is 7.71. The van der Waals surface area contributed by atoms with Crippen LogP contribution >= 0.6 is 0 Å². The van der Waals surface area contributed by atoms with Crippen molar-refractivity contribution in [1.82, 2.24) is 0 Å². The summed E-state index contributed by atoms with van der Waals surface area (Å²) in [4.78, 5) is 26.1. The minimum absolute atomic E-state index is 0.0341. The Morgan fingerprint density at radius 3 is 2.62 bits per heavy atom. The molecule has 2 aromatic carbocycles. The van der Waals surface area contributed by atoms with E-state index in [4.69, 9.17) is 4.74 Å². The van der Waals surface area contributed by atoms with Crippen LogP contribution in [-0.2, 0) is 9.59 Å². The molecule has 0 aliphatic carbocycles. The van der Waals surface area contributed by atoms with Crippen molar-refractivity contribution in [3.8, 4) is 5.75 Å². The van der Waals surface area contributed by atoms with E-state index in [0.717, 1.165) is 4.90 Å². The first-order chi connectivity index (χ1) is 11.6. The molecule has 1 saturated heterocycles. The van der Waals surface area contributed by atoms with Gasteiger partial charge in [0.1, 0.15) is 17.6 Å². The lowest BCUT2D eigenvalue weighted by molar-refractivity contribution is -0.121. The molecule has 1 atom stereocenters. The molecule has 1 aliphatic heterocycles. The molecule has 1 aliphatic rings. The maximum absolute atomic E-state index is 13.8. The molecule has 0 bridgehead atoms. The summed E-state index contributed by atoms with van der Waals surface area (Å²) in [6, 6.07) is 12.1. The van der Waals surface area contributed by atoms with Gasteiger partial charge in [0, 0.05) is 0 Å². The highest BCUT2D eigenvalue weighted by molar-refractivity contribution is 6.23. The van der Waals surface area contributed by atoms with Gasteiger partial charge >= 0.3 is 0 Å². The lowest BCUT2D eigenvalue weighted by Crippen LogP contribution is -2.35. The van der Waals surface area contributed by atoms with E-state index in [1.807, 2.05) is 6.92 Å². The fraction of sp³-hybridized carbons (Fsp3) is 0.222. The van der Waals surface area contributed by atoms with Crippen LogP contribution in [0.15, 0.2) is 48.5 Å². The Hall–Kier alpha value is -2.89. The van der Waals surface area contributed by atoms with Crippen LogP contribution in [0.2, 0.25) is 0 Å². The summed E-state index contributed by atoms with van der Waals surface area (Å²) in [7, 11) is 0. The first kappa shape index (κ1) is 16.0. The number of amides is 2. The second-order valence-corrected chi connectivity index (χ2v) is 5.35. The van der Waals surface area contributed by atoms with Crippen molar-refractivity contribution in [1.29, 1.82) is 0 Å². The zero-order chi connectivity index (χ0) is 17.1. The fourth-order valence-corrected chi connectivity index (χ4v) is 2.68. The molecule has 0 saturated carbocycles. The molecule has 1 fully saturated rings. The van der Waals surface area contributed by atoms with E-state index in [2.05, 4.69) is 5.32 Å². The molecular weight excluding hydrogens is 311 g/mol. The number of halogens is 1. The molecule has 2 amide bonds. The van der Waals surface area contributed by atoms with Crippen molar-refractivity contribution in [3.63, 3.8) is 0 Å². The number of nitrogens with one attached hydrogen (secondary N) is 1. The van der Waals surface area contributed by atoms with Crippen LogP contribution < -0.4 is 15.0 Å². The Labute approximate surface area is 139 Å². The smallest absolute Gasteiger partial charge is 0.256 e. The summed E-state index contributed by atoms with van der Waals surface area (Å²) in [5.41, 5.74) is 0.607. The number of para-hydroxylation sites is 3. The van der Waals surface area contributed by atoms with Crippen molar-refractivity contribution in [3.05, 3.63) is 54.3 Å². The Bertz CT molecular complexity index is 778. The van der Waals surface area contributed by atoms with Crippen molar-refractivity contribution >= 4 is 23.2 Å². The van der Waals surface area contributed by atoms with Crippen molar-refractivity contribution in [2.75, 3.05) is 16.8 Å². The Balaban J connectivity index is 1.86. The van der Waals surface area contributed by atoms with Gasteiger partial charge in [-0.25, -0.2) is 9.29 Å². The molecule has 3 rings (SSSR count). The van der Waals surface area contributed by atoms with Crippen molar-refractivity contribution in [2.24, 2.45) is 0 Å². The zero-order valence-electron chi connectivity index (χ0n) is 13.2. The number of nitrogens with zero attached hydrogens (tertiary/aromatic N) is 1. The van der Waals surface area contributed by atoms with Gasteiger partial charge in [-0.15, -0.1) is 0 Å². The number of hydrogen-bond acceptors (Lipinski definition) is 4. The molecule has 1 heterocycles. The van der Waals surface area contributed by atoms with Gasteiger partial charge in [0.25, 0.3) is 5.91 Å². The van der Waals surface area contributed by atoms with Crippen LogP contribution in [0.5, 0.6) is 5.75 Å². The van der Waals surface area contributed by atoms with Gasteiger partial charge in [-0.05, 0) is 31.2 Å². The molecular formula is C18H17FN2O3. The highest BCUT2D eigenvalue weighted by Gasteiger charge is 2.40. The minimum Gasteiger partial charge on any atom is -0.492 e. The van der Waals surface area contributed by atoms with Crippen LogP contribution in [0, 0.1) is 5.82 Å². The largest absolute Gasteiger partial charge is 0.492 e. The van der Waals surface area contributed by atoms with Crippen LogP contribution in [0.3, 0.4) is 0 Å². The van der Waals surface area contributed by atoms with E-state index in [-0.39, 0.29) is 18.0 Å². The van der Waals surface area contributed by atoms with Crippen LogP contribution in [0.25, 0.3) is 0 Å². The standard InChI is InChI=1S/C18H17FN2O3/c1-2-24-16-10-6-5-9-15(16)21-17(22)11-14(18(21)23)20-13-8-4-3-7-12(13)19/h3-10,14,20H,2,11H2,1H3. The summed E-state index contributed by atoms with van der Waals surface area (Å²) < 4.78 is 19.3. The summed E-state index contributed by atoms with van der Waals surface area (Å²) in [6.45, 7) is 2.25. The van der Waals surface area contributed by atoms with Gasteiger partial charge in [0.15, 0.2) is 0 Å². The molecule has 24 heavy (non-hydrogen) atoms. The first-order valence-corrected chi connectivity index (χ1v) is 7.71. The minimum atomic E-state index is -0.802. The molecule has 0 spiro atoms. The SMILES string of the molecule is CCOc1ccccc1N1C(=O)CC(Nc2ccccc2F)C1=O. The number of carbonyl (C=O) groups is 2. The van der Waals surface area contributed by atoms with E-state index in [1.54, 1.807) is 36.4 Å². The third-order valence-corrected chi connectivity index (χ3v) is 3.76.